The fraction of sp³-hybridized carbons (Fsp3) is 0.583. The Morgan fingerprint density at radius 1 is 1.42 bits per heavy atom. The molecule has 0 bridgehead atoms. The zero-order chi connectivity index (χ0) is 13.2. The van der Waals surface area contributed by atoms with Gasteiger partial charge in [0.1, 0.15) is 5.69 Å². The Balaban J connectivity index is 1.92. The first-order valence-electron chi connectivity index (χ1n) is 6.65. The fourth-order valence-corrected chi connectivity index (χ4v) is 3.45. The Morgan fingerprint density at radius 3 is 2.95 bits per heavy atom. The van der Waals surface area contributed by atoms with Crippen molar-refractivity contribution in [2.45, 2.75) is 32.7 Å². The smallest absolute Gasteiger partial charge is 0.195 e. The SMILES string of the molecule is CCCn1c(-c2csc(N3CCCC3)n2)n[nH]c1=S. The summed E-state index contributed by atoms with van der Waals surface area (Å²) in [7, 11) is 0. The van der Waals surface area contributed by atoms with Crippen molar-refractivity contribution < 1.29 is 0 Å². The van der Waals surface area contributed by atoms with Crippen LogP contribution in [0, 0.1) is 4.77 Å². The molecule has 0 saturated carbocycles. The van der Waals surface area contributed by atoms with E-state index in [2.05, 4.69) is 27.4 Å². The predicted octanol–water partition coefficient (Wildman–Crippen LogP) is 3.07. The molecule has 19 heavy (non-hydrogen) atoms. The number of aromatic nitrogens is 4. The first kappa shape index (κ1) is 12.8. The summed E-state index contributed by atoms with van der Waals surface area (Å²) in [5.74, 6) is 0.855. The van der Waals surface area contributed by atoms with Gasteiger partial charge >= 0.3 is 0 Å². The lowest BCUT2D eigenvalue weighted by atomic mass is 10.4. The lowest BCUT2D eigenvalue weighted by Crippen LogP contribution is -2.17. The third kappa shape index (κ3) is 2.44. The van der Waals surface area contributed by atoms with Crippen molar-refractivity contribution in [1.29, 1.82) is 0 Å². The maximum Gasteiger partial charge on any atom is 0.195 e. The summed E-state index contributed by atoms with van der Waals surface area (Å²) in [4.78, 5) is 7.06. The van der Waals surface area contributed by atoms with E-state index in [4.69, 9.17) is 17.2 Å². The van der Waals surface area contributed by atoms with E-state index in [0.717, 1.165) is 42.7 Å². The van der Waals surface area contributed by atoms with Crippen molar-refractivity contribution in [3.8, 4) is 11.5 Å². The predicted molar refractivity (Wildman–Crippen MR) is 80.3 cm³/mol. The van der Waals surface area contributed by atoms with E-state index >= 15 is 0 Å². The van der Waals surface area contributed by atoms with Gasteiger partial charge < -0.3 is 4.90 Å². The fourth-order valence-electron chi connectivity index (χ4n) is 2.36. The summed E-state index contributed by atoms with van der Waals surface area (Å²) in [5, 5.41) is 10.4. The second-order valence-corrected chi connectivity index (χ2v) is 5.94. The Hall–Kier alpha value is -1.21. The van der Waals surface area contributed by atoms with Crippen molar-refractivity contribution in [1.82, 2.24) is 19.7 Å². The van der Waals surface area contributed by atoms with Gasteiger partial charge in [0.2, 0.25) is 0 Å². The largest absolute Gasteiger partial charge is 0.348 e. The molecule has 1 aliphatic rings. The van der Waals surface area contributed by atoms with Crippen molar-refractivity contribution in [2.24, 2.45) is 0 Å². The van der Waals surface area contributed by atoms with E-state index in [-0.39, 0.29) is 0 Å². The molecule has 102 valence electrons. The number of nitrogens with one attached hydrogen (secondary N) is 1. The first-order chi connectivity index (χ1) is 9.29. The Kier molecular flexibility index (Phi) is 3.65. The van der Waals surface area contributed by atoms with Crippen LogP contribution in [0.2, 0.25) is 0 Å². The number of aromatic amines is 1. The number of rotatable bonds is 4. The van der Waals surface area contributed by atoms with Gasteiger partial charge in [-0.25, -0.2) is 4.98 Å². The molecule has 0 radical (unpaired) electrons. The molecular formula is C12H17N5S2. The first-order valence-corrected chi connectivity index (χ1v) is 7.94. The average Bonchev–Trinajstić information content (AvgIpc) is 3.10. The van der Waals surface area contributed by atoms with Crippen LogP contribution in [-0.2, 0) is 6.54 Å². The van der Waals surface area contributed by atoms with Crippen LogP contribution in [0.25, 0.3) is 11.5 Å². The van der Waals surface area contributed by atoms with Crippen LogP contribution in [0.1, 0.15) is 26.2 Å². The lowest BCUT2D eigenvalue weighted by Gasteiger charge is -2.12. The van der Waals surface area contributed by atoms with Crippen LogP contribution in [0.3, 0.4) is 0 Å². The van der Waals surface area contributed by atoms with Gasteiger partial charge in [-0.3, -0.25) is 9.67 Å². The molecule has 3 rings (SSSR count). The normalized spacial score (nSPS) is 15.3. The molecule has 1 aliphatic heterocycles. The van der Waals surface area contributed by atoms with E-state index in [9.17, 15) is 0 Å². The van der Waals surface area contributed by atoms with Crippen LogP contribution in [0.15, 0.2) is 5.38 Å². The van der Waals surface area contributed by atoms with Crippen molar-refractivity contribution >= 4 is 28.7 Å². The Bertz CT molecular complexity index is 606. The zero-order valence-corrected chi connectivity index (χ0v) is 12.6. The summed E-state index contributed by atoms with van der Waals surface area (Å²) in [5.41, 5.74) is 0.924. The number of hydrogen-bond acceptors (Lipinski definition) is 5. The van der Waals surface area contributed by atoms with Gasteiger partial charge in [-0.2, -0.15) is 5.10 Å². The molecule has 2 aromatic rings. The number of nitrogens with zero attached hydrogens (tertiary/aromatic N) is 4. The van der Waals surface area contributed by atoms with E-state index < -0.39 is 0 Å². The lowest BCUT2D eigenvalue weighted by molar-refractivity contribution is 0.674. The molecule has 0 amide bonds. The highest BCUT2D eigenvalue weighted by Crippen LogP contribution is 2.28. The van der Waals surface area contributed by atoms with Crippen LogP contribution in [0.5, 0.6) is 0 Å². The van der Waals surface area contributed by atoms with Gasteiger partial charge in [-0.15, -0.1) is 11.3 Å². The van der Waals surface area contributed by atoms with Crippen LogP contribution in [0.4, 0.5) is 5.13 Å². The number of H-pyrrole nitrogens is 1. The zero-order valence-electron chi connectivity index (χ0n) is 10.9. The van der Waals surface area contributed by atoms with Crippen LogP contribution in [-0.4, -0.2) is 32.8 Å². The third-order valence-electron chi connectivity index (χ3n) is 3.30. The molecule has 0 atom stereocenters. The van der Waals surface area contributed by atoms with Gasteiger partial charge in [0.25, 0.3) is 0 Å². The van der Waals surface area contributed by atoms with Crippen molar-refractivity contribution in [2.75, 3.05) is 18.0 Å². The number of hydrogen-bond donors (Lipinski definition) is 1. The summed E-state index contributed by atoms with van der Waals surface area (Å²) in [6, 6.07) is 0. The average molecular weight is 295 g/mol. The van der Waals surface area contributed by atoms with Crippen LogP contribution >= 0.6 is 23.6 Å². The maximum atomic E-state index is 5.26. The summed E-state index contributed by atoms with van der Waals surface area (Å²) in [6.07, 6.45) is 3.57. The Morgan fingerprint density at radius 2 is 2.21 bits per heavy atom. The molecule has 0 spiro atoms. The van der Waals surface area contributed by atoms with Crippen molar-refractivity contribution in [3.63, 3.8) is 0 Å². The molecule has 1 saturated heterocycles. The highest BCUT2D eigenvalue weighted by molar-refractivity contribution is 7.71. The van der Waals surface area contributed by atoms with Gasteiger partial charge in [-0.05, 0) is 31.5 Å². The molecule has 1 N–H and O–H groups in total. The molecule has 0 aliphatic carbocycles. The molecule has 0 unspecified atom stereocenters. The van der Waals surface area contributed by atoms with Crippen molar-refractivity contribution in [3.05, 3.63) is 10.2 Å². The van der Waals surface area contributed by atoms with Gasteiger partial charge in [-0.1, -0.05) is 6.92 Å². The van der Waals surface area contributed by atoms with Gasteiger partial charge in [0.15, 0.2) is 15.7 Å². The highest BCUT2D eigenvalue weighted by Gasteiger charge is 2.18. The topological polar surface area (TPSA) is 49.7 Å². The number of anilines is 1. The molecule has 7 heteroatoms. The quantitative estimate of drug-likeness (QED) is 0.881. The summed E-state index contributed by atoms with van der Waals surface area (Å²) < 4.78 is 2.70. The minimum absolute atomic E-state index is 0.674. The van der Waals surface area contributed by atoms with Gasteiger partial charge in [0, 0.05) is 25.0 Å². The Labute approximate surface area is 121 Å². The second-order valence-electron chi connectivity index (χ2n) is 4.71. The molecule has 3 heterocycles. The standard InChI is InChI=1S/C12H17N5S2/c1-2-5-17-10(14-15-11(17)18)9-8-19-12(13-9)16-6-3-4-7-16/h8H,2-7H2,1H3,(H,15,18). The molecule has 2 aromatic heterocycles. The molecule has 0 aromatic carbocycles. The van der Waals surface area contributed by atoms with E-state index in [1.165, 1.54) is 12.8 Å². The van der Waals surface area contributed by atoms with E-state index in [1.54, 1.807) is 11.3 Å². The van der Waals surface area contributed by atoms with Gasteiger partial charge in [0.05, 0.1) is 0 Å². The third-order valence-corrected chi connectivity index (χ3v) is 4.52. The summed E-state index contributed by atoms with van der Waals surface area (Å²) in [6.45, 7) is 5.25. The minimum Gasteiger partial charge on any atom is -0.348 e. The maximum absolute atomic E-state index is 5.26. The second kappa shape index (κ2) is 5.42. The number of thiazole rings is 1. The highest BCUT2D eigenvalue weighted by atomic mass is 32.1. The van der Waals surface area contributed by atoms with E-state index in [1.807, 2.05) is 4.57 Å². The van der Waals surface area contributed by atoms with Crippen LogP contribution < -0.4 is 4.90 Å². The molecular weight excluding hydrogens is 278 g/mol. The monoisotopic (exact) mass is 295 g/mol. The van der Waals surface area contributed by atoms with E-state index in [0.29, 0.717) is 4.77 Å². The summed E-state index contributed by atoms with van der Waals surface area (Å²) >= 11 is 6.95. The minimum atomic E-state index is 0.674. The molecule has 1 fully saturated rings. The molecule has 5 nitrogen and oxygen atoms in total.